The summed E-state index contributed by atoms with van der Waals surface area (Å²) in [5.74, 6) is -0.729. The highest BCUT2D eigenvalue weighted by atomic mass is 19.1. The van der Waals surface area contributed by atoms with E-state index in [4.69, 9.17) is 4.74 Å². The molecule has 2 aliphatic rings. The molecule has 1 spiro atoms. The summed E-state index contributed by atoms with van der Waals surface area (Å²) in [5, 5.41) is 16.5. The van der Waals surface area contributed by atoms with E-state index in [0.717, 1.165) is 5.56 Å². The molecular formula is C18H18FN3O4. The van der Waals surface area contributed by atoms with Gasteiger partial charge in [0.25, 0.3) is 11.5 Å². The third kappa shape index (κ3) is 2.91. The summed E-state index contributed by atoms with van der Waals surface area (Å²) in [6.45, 7) is 0.703. The fourth-order valence-corrected chi connectivity index (χ4v) is 3.77. The molecule has 0 unspecified atom stereocenters. The van der Waals surface area contributed by atoms with E-state index in [1.165, 1.54) is 29.2 Å². The number of hydrogen-bond acceptors (Lipinski definition) is 5. The minimum absolute atomic E-state index is 0.0402. The molecule has 2 fully saturated rings. The van der Waals surface area contributed by atoms with E-state index in [1.807, 2.05) is 6.07 Å². The molecule has 2 aliphatic heterocycles. The molecule has 1 amide bonds. The van der Waals surface area contributed by atoms with Gasteiger partial charge in [0.1, 0.15) is 23.2 Å². The Kier molecular flexibility index (Phi) is 4.08. The van der Waals surface area contributed by atoms with Gasteiger partial charge >= 0.3 is 0 Å². The lowest BCUT2D eigenvalue weighted by molar-refractivity contribution is -0.0591. The number of benzene rings is 1. The molecule has 3 atom stereocenters. The number of aromatic nitrogens is 2. The van der Waals surface area contributed by atoms with E-state index >= 15 is 0 Å². The van der Waals surface area contributed by atoms with E-state index in [9.17, 15) is 19.1 Å². The number of carbonyl (C=O) groups excluding carboxylic acids is 1. The fraction of sp³-hybridized carbons (Fsp3) is 0.389. The van der Waals surface area contributed by atoms with Gasteiger partial charge in [0.15, 0.2) is 0 Å². The van der Waals surface area contributed by atoms with Crippen molar-refractivity contribution in [3.05, 3.63) is 63.8 Å². The van der Waals surface area contributed by atoms with Crippen molar-refractivity contribution < 1.29 is 19.0 Å². The van der Waals surface area contributed by atoms with Crippen molar-refractivity contribution in [2.45, 2.75) is 24.0 Å². The summed E-state index contributed by atoms with van der Waals surface area (Å²) < 4.78 is 19.4. The first-order chi connectivity index (χ1) is 12.5. The van der Waals surface area contributed by atoms with Crippen LogP contribution in [0.3, 0.4) is 0 Å². The molecule has 26 heavy (non-hydrogen) atoms. The molecule has 7 nitrogen and oxygen atoms in total. The first-order valence-corrected chi connectivity index (χ1v) is 8.39. The Bertz CT molecular complexity index is 882. The Morgan fingerprint density at radius 3 is 2.96 bits per heavy atom. The van der Waals surface area contributed by atoms with Gasteiger partial charge in [-0.25, -0.2) is 9.49 Å². The van der Waals surface area contributed by atoms with Crippen LogP contribution in [0.4, 0.5) is 4.39 Å². The summed E-state index contributed by atoms with van der Waals surface area (Å²) in [6.07, 6.45) is -0.340. The van der Waals surface area contributed by atoms with E-state index in [1.54, 1.807) is 6.07 Å². The number of nitrogens with zero attached hydrogens (tertiary/aromatic N) is 2. The number of amides is 1. The predicted molar refractivity (Wildman–Crippen MR) is 89.2 cm³/mol. The highest BCUT2D eigenvalue weighted by Crippen LogP contribution is 2.42. The van der Waals surface area contributed by atoms with E-state index in [0.29, 0.717) is 13.0 Å². The fourth-order valence-electron chi connectivity index (χ4n) is 3.77. The summed E-state index contributed by atoms with van der Waals surface area (Å²) in [4.78, 5) is 25.1. The number of ether oxygens (including phenoxy) is 1. The van der Waals surface area contributed by atoms with Crippen molar-refractivity contribution in [2.24, 2.45) is 0 Å². The van der Waals surface area contributed by atoms with Gasteiger partial charge in [-0.05, 0) is 30.2 Å². The van der Waals surface area contributed by atoms with Crippen LogP contribution in [0.2, 0.25) is 0 Å². The average molecular weight is 359 g/mol. The smallest absolute Gasteiger partial charge is 0.274 e. The van der Waals surface area contributed by atoms with Crippen LogP contribution < -0.4 is 5.56 Å². The monoisotopic (exact) mass is 359 g/mol. The quantitative estimate of drug-likeness (QED) is 0.822. The molecule has 1 aromatic heterocycles. The van der Waals surface area contributed by atoms with Crippen LogP contribution in [-0.2, 0) is 4.74 Å². The first-order valence-electron chi connectivity index (χ1n) is 8.39. The lowest BCUT2D eigenvalue weighted by atomic mass is 9.87. The molecular weight excluding hydrogens is 341 g/mol. The highest BCUT2D eigenvalue weighted by Gasteiger charge is 2.53. The molecule has 3 heterocycles. The summed E-state index contributed by atoms with van der Waals surface area (Å²) in [6, 6.07) is 8.93. The Labute approximate surface area is 148 Å². The van der Waals surface area contributed by atoms with Gasteiger partial charge in [-0.1, -0.05) is 12.1 Å². The number of aromatic amines is 1. The number of likely N-dealkylation sites (tertiary alicyclic amines) is 1. The van der Waals surface area contributed by atoms with Gasteiger partial charge in [-0.2, -0.15) is 5.10 Å². The van der Waals surface area contributed by atoms with Crippen LogP contribution in [0.1, 0.15) is 28.4 Å². The van der Waals surface area contributed by atoms with Crippen LogP contribution >= 0.6 is 0 Å². The SMILES string of the molecule is O=C(c1ccc(=O)[nH]n1)N1C[C@@H](O)[C@@]2(C[C@@H](c3cccc(F)c3)CO2)C1. The molecule has 0 bridgehead atoms. The van der Waals surface area contributed by atoms with Crippen LogP contribution in [0.25, 0.3) is 0 Å². The van der Waals surface area contributed by atoms with Crippen molar-refractivity contribution >= 4 is 5.91 Å². The molecule has 0 saturated carbocycles. The third-order valence-corrected chi connectivity index (χ3v) is 5.13. The maximum absolute atomic E-state index is 13.5. The molecule has 0 aliphatic carbocycles. The molecule has 2 aromatic rings. The number of nitrogens with one attached hydrogen (secondary N) is 1. The minimum atomic E-state index is -0.866. The van der Waals surface area contributed by atoms with Gasteiger partial charge < -0.3 is 14.7 Å². The van der Waals surface area contributed by atoms with Crippen LogP contribution in [0.15, 0.2) is 41.2 Å². The van der Waals surface area contributed by atoms with Crippen molar-refractivity contribution in [1.82, 2.24) is 15.1 Å². The standard InChI is InChI=1S/C18H18FN3O4/c19-13-3-1-2-11(6-13)12-7-18(26-9-12)10-22(8-15(18)23)17(25)14-4-5-16(24)21-20-14/h1-6,12,15,23H,7-10H2,(H,21,24)/t12-,15-,18-/m1/s1. The maximum Gasteiger partial charge on any atom is 0.274 e. The zero-order chi connectivity index (χ0) is 18.3. The number of β-amino-alcohol motifs (C(OH)–C–C–N with tert-alkyl or cyclic N) is 1. The number of hydrogen-bond donors (Lipinski definition) is 2. The second-order valence-corrected chi connectivity index (χ2v) is 6.84. The van der Waals surface area contributed by atoms with Crippen LogP contribution in [-0.4, -0.2) is 57.5 Å². The molecule has 2 N–H and O–H groups in total. The van der Waals surface area contributed by atoms with Crippen molar-refractivity contribution in [3.8, 4) is 0 Å². The van der Waals surface area contributed by atoms with Gasteiger partial charge in [0, 0.05) is 18.5 Å². The lowest BCUT2D eigenvalue weighted by Gasteiger charge is -2.25. The maximum atomic E-state index is 13.5. The molecule has 1 aromatic carbocycles. The zero-order valence-corrected chi connectivity index (χ0v) is 13.9. The van der Waals surface area contributed by atoms with Crippen molar-refractivity contribution in [1.29, 1.82) is 0 Å². The van der Waals surface area contributed by atoms with Crippen LogP contribution in [0, 0.1) is 5.82 Å². The van der Waals surface area contributed by atoms with Crippen molar-refractivity contribution in [3.63, 3.8) is 0 Å². The molecule has 8 heteroatoms. The highest BCUT2D eigenvalue weighted by molar-refractivity contribution is 5.92. The Balaban J connectivity index is 1.51. The number of H-pyrrole nitrogens is 1. The summed E-state index contributed by atoms with van der Waals surface area (Å²) in [5.41, 5.74) is -0.333. The second-order valence-electron chi connectivity index (χ2n) is 6.84. The topological polar surface area (TPSA) is 95.5 Å². The minimum Gasteiger partial charge on any atom is -0.388 e. The number of rotatable bonds is 2. The Morgan fingerprint density at radius 2 is 2.23 bits per heavy atom. The Morgan fingerprint density at radius 1 is 1.38 bits per heavy atom. The molecule has 4 rings (SSSR count). The van der Waals surface area contributed by atoms with Crippen LogP contribution in [0.5, 0.6) is 0 Å². The van der Waals surface area contributed by atoms with Crippen molar-refractivity contribution in [2.75, 3.05) is 19.7 Å². The van der Waals surface area contributed by atoms with E-state index in [2.05, 4.69) is 10.2 Å². The van der Waals surface area contributed by atoms with Gasteiger partial charge in [0.2, 0.25) is 0 Å². The predicted octanol–water partition coefficient (Wildman–Crippen LogP) is 0.669. The number of carbonyl (C=O) groups is 1. The Hall–Kier alpha value is -2.58. The average Bonchev–Trinajstić information content (AvgIpc) is 3.20. The lowest BCUT2D eigenvalue weighted by Crippen LogP contribution is -2.41. The molecule has 0 radical (unpaired) electrons. The van der Waals surface area contributed by atoms with Gasteiger partial charge in [-0.15, -0.1) is 0 Å². The normalized spacial score (nSPS) is 28.0. The number of halogens is 1. The first kappa shape index (κ1) is 16.9. The van der Waals surface area contributed by atoms with E-state index < -0.39 is 17.3 Å². The summed E-state index contributed by atoms with van der Waals surface area (Å²) in [7, 11) is 0. The second kappa shape index (κ2) is 6.30. The number of aliphatic hydroxyl groups excluding tert-OH is 1. The third-order valence-electron chi connectivity index (χ3n) is 5.13. The van der Waals surface area contributed by atoms with E-state index in [-0.39, 0.29) is 36.4 Å². The molecule has 2 saturated heterocycles. The van der Waals surface area contributed by atoms with Gasteiger partial charge in [0.05, 0.1) is 13.2 Å². The molecule has 136 valence electrons. The number of aliphatic hydroxyl groups is 1. The largest absolute Gasteiger partial charge is 0.388 e. The zero-order valence-electron chi connectivity index (χ0n) is 13.9. The summed E-state index contributed by atoms with van der Waals surface area (Å²) >= 11 is 0. The van der Waals surface area contributed by atoms with Gasteiger partial charge in [-0.3, -0.25) is 9.59 Å².